The van der Waals surface area contributed by atoms with E-state index in [1.54, 1.807) is 18.2 Å². The van der Waals surface area contributed by atoms with Crippen molar-refractivity contribution < 1.29 is 12.8 Å². The Balaban J connectivity index is 2.13. The van der Waals surface area contributed by atoms with Crippen molar-refractivity contribution >= 4 is 21.4 Å². The van der Waals surface area contributed by atoms with E-state index in [9.17, 15) is 12.8 Å². The van der Waals surface area contributed by atoms with E-state index in [0.717, 1.165) is 15.9 Å². The predicted molar refractivity (Wildman–Crippen MR) is 73.3 cm³/mol. The van der Waals surface area contributed by atoms with Crippen molar-refractivity contribution in [1.82, 2.24) is 4.98 Å². The van der Waals surface area contributed by atoms with Crippen LogP contribution in [-0.2, 0) is 16.4 Å². The molecule has 0 unspecified atom stereocenters. The minimum absolute atomic E-state index is 0.238. The van der Waals surface area contributed by atoms with Crippen LogP contribution in [0.5, 0.6) is 0 Å². The van der Waals surface area contributed by atoms with Gasteiger partial charge in [-0.3, -0.25) is 4.31 Å². The number of nitrogens with zero attached hydrogens (tertiary/aromatic N) is 2. The molecule has 3 rings (SSSR count). The van der Waals surface area contributed by atoms with Gasteiger partial charge in [0, 0.05) is 24.0 Å². The van der Waals surface area contributed by atoms with Crippen LogP contribution in [-0.4, -0.2) is 19.9 Å². The number of sulfonamides is 1. The Morgan fingerprint density at radius 1 is 1.25 bits per heavy atom. The maximum Gasteiger partial charge on any atom is 0.284 e. The highest BCUT2D eigenvalue weighted by Gasteiger charge is 2.34. The summed E-state index contributed by atoms with van der Waals surface area (Å²) in [6.07, 6.45) is 1.77. The van der Waals surface area contributed by atoms with Crippen molar-refractivity contribution in [2.24, 2.45) is 0 Å². The van der Waals surface area contributed by atoms with Gasteiger partial charge in [0.2, 0.25) is 5.03 Å². The highest BCUT2D eigenvalue weighted by molar-refractivity contribution is 7.92. The predicted octanol–water partition coefficient (Wildman–Crippen LogP) is 1.55. The normalized spacial score (nSPS) is 14.3. The first-order valence-corrected chi connectivity index (χ1v) is 7.46. The summed E-state index contributed by atoms with van der Waals surface area (Å²) in [6, 6.07) is 7.49. The second-order valence-corrected chi connectivity index (χ2v) is 6.24. The molecule has 0 aliphatic carbocycles. The highest BCUT2D eigenvalue weighted by atomic mass is 32.2. The Morgan fingerprint density at radius 3 is 2.80 bits per heavy atom. The van der Waals surface area contributed by atoms with E-state index >= 15 is 0 Å². The lowest BCUT2D eigenvalue weighted by molar-refractivity contribution is 0.551. The number of aromatic nitrogens is 1. The lowest BCUT2D eigenvalue weighted by Crippen LogP contribution is -2.30. The smallest absolute Gasteiger partial charge is 0.284 e. The molecule has 0 radical (unpaired) electrons. The van der Waals surface area contributed by atoms with Gasteiger partial charge in [-0.05, 0) is 30.7 Å². The third-order valence-corrected chi connectivity index (χ3v) is 5.03. The fourth-order valence-electron chi connectivity index (χ4n) is 2.35. The van der Waals surface area contributed by atoms with Gasteiger partial charge in [-0.25, -0.2) is 9.37 Å². The number of anilines is 2. The van der Waals surface area contributed by atoms with Crippen LogP contribution in [0.15, 0.2) is 41.6 Å². The van der Waals surface area contributed by atoms with Crippen molar-refractivity contribution in [2.75, 3.05) is 16.6 Å². The number of halogens is 1. The maximum absolute atomic E-state index is 13.7. The second-order valence-electron chi connectivity index (χ2n) is 4.46. The summed E-state index contributed by atoms with van der Waals surface area (Å²) in [5, 5.41) is -0.560. The minimum atomic E-state index is -4.01. The van der Waals surface area contributed by atoms with Gasteiger partial charge in [-0.1, -0.05) is 6.07 Å². The van der Waals surface area contributed by atoms with E-state index in [0.29, 0.717) is 17.8 Å². The molecule has 0 atom stereocenters. The van der Waals surface area contributed by atoms with Gasteiger partial charge < -0.3 is 5.73 Å². The summed E-state index contributed by atoms with van der Waals surface area (Å²) in [7, 11) is -4.01. The number of fused-ring (bicyclic) bond motifs is 1. The Kier molecular flexibility index (Phi) is 2.86. The number of pyridine rings is 1. The zero-order valence-corrected chi connectivity index (χ0v) is 11.3. The van der Waals surface area contributed by atoms with Crippen molar-refractivity contribution in [3.63, 3.8) is 0 Å². The molecule has 0 amide bonds. The van der Waals surface area contributed by atoms with Crippen molar-refractivity contribution in [3.05, 3.63) is 47.9 Å². The third kappa shape index (κ3) is 1.82. The van der Waals surface area contributed by atoms with Crippen molar-refractivity contribution in [2.45, 2.75) is 11.4 Å². The van der Waals surface area contributed by atoms with E-state index in [1.807, 2.05) is 0 Å². The fraction of sp³-hybridized carbons (Fsp3) is 0.154. The first kappa shape index (κ1) is 12.9. The van der Waals surface area contributed by atoms with E-state index in [2.05, 4.69) is 4.98 Å². The topological polar surface area (TPSA) is 76.3 Å². The van der Waals surface area contributed by atoms with Crippen molar-refractivity contribution in [1.29, 1.82) is 0 Å². The van der Waals surface area contributed by atoms with Gasteiger partial charge in [0.05, 0.1) is 5.69 Å². The van der Waals surface area contributed by atoms with E-state index in [4.69, 9.17) is 5.73 Å². The van der Waals surface area contributed by atoms with Crippen LogP contribution in [0.3, 0.4) is 0 Å². The van der Waals surface area contributed by atoms with E-state index < -0.39 is 20.9 Å². The van der Waals surface area contributed by atoms with E-state index in [-0.39, 0.29) is 6.54 Å². The molecular weight excluding hydrogens is 281 g/mol. The van der Waals surface area contributed by atoms with Crippen molar-refractivity contribution in [3.8, 4) is 0 Å². The summed E-state index contributed by atoms with van der Waals surface area (Å²) < 4.78 is 39.9. The highest BCUT2D eigenvalue weighted by Crippen LogP contribution is 2.35. The standard InChI is InChI=1S/C13H12FN3O2S/c14-10-3-2-7-16-13(10)20(18,19)17-8-6-9-11(15)4-1-5-12(9)17/h1-5,7H,6,8,15H2. The van der Waals surface area contributed by atoms with Gasteiger partial charge in [0.15, 0.2) is 5.82 Å². The molecule has 0 fully saturated rings. The quantitative estimate of drug-likeness (QED) is 0.852. The number of hydrogen-bond donors (Lipinski definition) is 1. The summed E-state index contributed by atoms with van der Waals surface area (Å²) >= 11 is 0. The Hall–Kier alpha value is -2.15. The number of hydrogen-bond acceptors (Lipinski definition) is 4. The van der Waals surface area contributed by atoms with Crippen LogP contribution in [0.1, 0.15) is 5.56 Å². The molecule has 1 aromatic carbocycles. The second kappa shape index (κ2) is 4.45. The molecule has 5 nitrogen and oxygen atoms in total. The Morgan fingerprint density at radius 2 is 2.05 bits per heavy atom. The van der Waals surface area contributed by atoms with Crippen LogP contribution in [0.4, 0.5) is 15.8 Å². The van der Waals surface area contributed by atoms with Crippen LogP contribution in [0.2, 0.25) is 0 Å². The Bertz CT molecular complexity index is 777. The molecule has 7 heteroatoms. The van der Waals surface area contributed by atoms with Gasteiger partial charge >= 0.3 is 0 Å². The largest absolute Gasteiger partial charge is 0.398 e. The van der Waals surface area contributed by atoms with Gasteiger partial charge in [0.1, 0.15) is 0 Å². The minimum Gasteiger partial charge on any atom is -0.398 e. The molecule has 1 aliphatic rings. The zero-order chi connectivity index (χ0) is 14.3. The van der Waals surface area contributed by atoms with Crippen LogP contribution in [0, 0.1) is 5.82 Å². The van der Waals surface area contributed by atoms with Gasteiger partial charge in [-0.2, -0.15) is 8.42 Å². The monoisotopic (exact) mass is 293 g/mol. The molecule has 104 valence electrons. The molecule has 0 spiro atoms. The van der Waals surface area contributed by atoms with Crippen LogP contribution in [0.25, 0.3) is 0 Å². The Labute approximate surface area is 115 Å². The molecule has 0 bridgehead atoms. The average molecular weight is 293 g/mol. The maximum atomic E-state index is 13.7. The molecule has 0 saturated carbocycles. The fourth-order valence-corrected chi connectivity index (χ4v) is 3.83. The van der Waals surface area contributed by atoms with Gasteiger partial charge in [0.25, 0.3) is 10.0 Å². The summed E-state index contributed by atoms with van der Waals surface area (Å²) in [6.45, 7) is 0.238. The first-order chi connectivity index (χ1) is 9.51. The molecular formula is C13H12FN3O2S. The first-order valence-electron chi connectivity index (χ1n) is 6.02. The summed E-state index contributed by atoms with van der Waals surface area (Å²) in [4.78, 5) is 3.65. The molecule has 20 heavy (non-hydrogen) atoms. The number of rotatable bonds is 2. The number of nitrogens with two attached hydrogens (primary N) is 1. The molecule has 1 aromatic heterocycles. The molecule has 2 heterocycles. The van der Waals surface area contributed by atoms with Gasteiger partial charge in [-0.15, -0.1) is 0 Å². The third-order valence-electron chi connectivity index (χ3n) is 3.28. The van der Waals surface area contributed by atoms with Crippen LogP contribution < -0.4 is 10.0 Å². The summed E-state index contributed by atoms with van der Waals surface area (Å²) in [5.41, 5.74) is 7.64. The molecule has 2 N–H and O–H groups in total. The summed E-state index contributed by atoms with van der Waals surface area (Å²) in [5.74, 6) is -0.857. The lowest BCUT2D eigenvalue weighted by Gasteiger charge is -2.19. The SMILES string of the molecule is Nc1cccc2c1CCN2S(=O)(=O)c1ncccc1F. The molecule has 2 aromatic rings. The molecule has 1 aliphatic heterocycles. The molecule has 0 saturated heterocycles. The van der Waals surface area contributed by atoms with Crippen LogP contribution >= 0.6 is 0 Å². The lowest BCUT2D eigenvalue weighted by atomic mass is 10.1. The number of benzene rings is 1. The zero-order valence-electron chi connectivity index (χ0n) is 10.5. The van der Waals surface area contributed by atoms with E-state index in [1.165, 1.54) is 12.3 Å². The number of nitrogen functional groups attached to an aromatic ring is 1. The average Bonchev–Trinajstić information content (AvgIpc) is 2.85.